The van der Waals surface area contributed by atoms with E-state index in [-0.39, 0.29) is 36.6 Å². The molecule has 0 aromatic carbocycles. The van der Waals surface area contributed by atoms with Crippen molar-refractivity contribution in [3.63, 3.8) is 0 Å². The summed E-state index contributed by atoms with van der Waals surface area (Å²) < 4.78 is 0. The van der Waals surface area contributed by atoms with Gasteiger partial charge in [0.1, 0.15) is 5.78 Å². The van der Waals surface area contributed by atoms with Crippen molar-refractivity contribution in [2.24, 2.45) is 11.8 Å². The van der Waals surface area contributed by atoms with E-state index in [4.69, 9.17) is 5.11 Å². The highest BCUT2D eigenvalue weighted by Crippen LogP contribution is 2.36. The maximum absolute atomic E-state index is 12.0. The van der Waals surface area contributed by atoms with E-state index in [9.17, 15) is 19.8 Å². The molecule has 146 valence electrons. The lowest BCUT2D eigenvalue weighted by molar-refractivity contribution is -0.137. The van der Waals surface area contributed by atoms with Gasteiger partial charge >= 0.3 is 5.97 Å². The van der Waals surface area contributed by atoms with E-state index in [1.807, 2.05) is 0 Å². The molecule has 1 fully saturated rings. The molecule has 5 nitrogen and oxygen atoms in total. The molecule has 4 atom stereocenters. The first-order chi connectivity index (χ1) is 12.0. The molecule has 0 amide bonds. The summed E-state index contributed by atoms with van der Waals surface area (Å²) >= 11 is 0. The van der Waals surface area contributed by atoms with Gasteiger partial charge in [-0.2, -0.15) is 0 Å². The minimum absolute atomic E-state index is 0.0494. The van der Waals surface area contributed by atoms with E-state index in [2.05, 4.69) is 6.92 Å². The number of hydrogen-bond acceptors (Lipinski definition) is 4. The summed E-state index contributed by atoms with van der Waals surface area (Å²) in [5.41, 5.74) is 0. The fourth-order valence-electron chi connectivity index (χ4n) is 3.95. The summed E-state index contributed by atoms with van der Waals surface area (Å²) in [6.45, 7) is 2.20. The van der Waals surface area contributed by atoms with Gasteiger partial charge in [-0.15, -0.1) is 0 Å². The van der Waals surface area contributed by atoms with Crippen LogP contribution in [-0.2, 0) is 9.59 Å². The molecule has 1 saturated carbocycles. The lowest BCUT2D eigenvalue weighted by atomic mass is 9.85. The van der Waals surface area contributed by atoms with E-state index in [1.54, 1.807) is 0 Å². The Morgan fingerprint density at radius 3 is 2.44 bits per heavy atom. The Morgan fingerprint density at radius 1 is 1.08 bits per heavy atom. The molecule has 1 rings (SSSR count). The summed E-state index contributed by atoms with van der Waals surface area (Å²) in [6, 6.07) is 0. The van der Waals surface area contributed by atoms with Crippen molar-refractivity contribution < 1.29 is 24.9 Å². The lowest BCUT2D eigenvalue weighted by Crippen LogP contribution is -2.23. The Hall–Kier alpha value is -0.940. The van der Waals surface area contributed by atoms with E-state index < -0.39 is 12.1 Å². The van der Waals surface area contributed by atoms with Gasteiger partial charge in [0, 0.05) is 18.8 Å². The number of ketones is 1. The van der Waals surface area contributed by atoms with Crippen molar-refractivity contribution in [1.29, 1.82) is 0 Å². The first kappa shape index (κ1) is 22.1. The molecule has 1 aliphatic rings. The van der Waals surface area contributed by atoms with Crippen molar-refractivity contribution in [3.05, 3.63) is 0 Å². The monoisotopic (exact) mass is 356 g/mol. The number of hydrogen-bond donors (Lipinski definition) is 3. The highest BCUT2D eigenvalue weighted by molar-refractivity contribution is 5.84. The van der Waals surface area contributed by atoms with Crippen LogP contribution < -0.4 is 0 Å². The lowest BCUT2D eigenvalue weighted by Gasteiger charge is -2.22. The predicted octanol–water partition coefficient (Wildman–Crippen LogP) is 3.70. The smallest absolute Gasteiger partial charge is 0.303 e. The van der Waals surface area contributed by atoms with Crippen molar-refractivity contribution in [3.8, 4) is 0 Å². The minimum Gasteiger partial charge on any atom is -0.481 e. The number of unbranched alkanes of at least 4 members (excludes halogenated alkanes) is 5. The van der Waals surface area contributed by atoms with Gasteiger partial charge in [0.25, 0.3) is 0 Å². The second-order valence-corrected chi connectivity index (χ2v) is 7.58. The van der Waals surface area contributed by atoms with Crippen molar-refractivity contribution >= 4 is 11.8 Å². The van der Waals surface area contributed by atoms with Crippen LogP contribution in [0.5, 0.6) is 0 Å². The summed E-state index contributed by atoms with van der Waals surface area (Å²) in [5.74, 6) is -1.17. The number of aliphatic hydroxyl groups is 2. The zero-order chi connectivity index (χ0) is 18.7. The zero-order valence-corrected chi connectivity index (χ0v) is 15.7. The standard InChI is InChI=1S/C20H36O5/c1-2-3-4-5-6-7-9-15(21)12-13-17-16(10-8-11-20(24)25)18(22)14-19(17)23/h15-17,19,21,23H,2-14H2,1H3,(H,24,25). The van der Waals surface area contributed by atoms with Crippen LogP contribution in [0.25, 0.3) is 0 Å². The highest BCUT2D eigenvalue weighted by atomic mass is 16.4. The van der Waals surface area contributed by atoms with Crippen LogP contribution >= 0.6 is 0 Å². The predicted molar refractivity (Wildman–Crippen MR) is 97.3 cm³/mol. The number of carbonyl (C=O) groups excluding carboxylic acids is 1. The number of carbonyl (C=O) groups is 2. The summed E-state index contributed by atoms with van der Waals surface area (Å²) in [6.07, 6.45) is 9.45. The fraction of sp³-hybridized carbons (Fsp3) is 0.900. The molecule has 0 aromatic heterocycles. The molecular formula is C20H36O5. The van der Waals surface area contributed by atoms with Crippen molar-refractivity contribution in [2.75, 3.05) is 0 Å². The Kier molecular flexibility index (Phi) is 11.0. The SMILES string of the molecule is CCCCCCCCC(O)CCC1C(O)CC(=O)C1CCCC(=O)O. The quantitative estimate of drug-likeness (QED) is 0.413. The molecule has 0 saturated heterocycles. The summed E-state index contributed by atoms with van der Waals surface area (Å²) in [4.78, 5) is 22.7. The van der Waals surface area contributed by atoms with Crippen LogP contribution in [0.3, 0.4) is 0 Å². The van der Waals surface area contributed by atoms with Gasteiger partial charge in [-0.05, 0) is 38.0 Å². The molecule has 0 spiro atoms. The third-order valence-electron chi connectivity index (χ3n) is 5.46. The van der Waals surface area contributed by atoms with E-state index in [1.165, 1.54) is 25.7 Å². The van der Waals surface area contributed by atoms with Crippen LogP contribution in [0, 0.1) is 11.8 Å². The molecule has 1 aliphatic carbocycles. The summed E-state index contributed by atoms with van der Waals surface area (Å²) in [7, 11) is 0. The maximum atomic E-state index is 12.0. The molecule has 0 bridgehead atoms. The molecule has 4 unspecified atom stereocenters. The number of carboxylic acid groups (broad SMARTS) is 1. The molecule has 0 aliphatic heterocycles. The third kappa shape index (κ3) is 8.82. The normalized spacial score (nSPS) is 24.6. The van der Waals surface area contributed by atoms with Crippen molar-refractivity contribution in [1.82, 2.24) is 0 Å². The van der Waals surface area contributed by atoms with Gasteiger partial charge < -0.3 is 15.3 Å². The van der Waals surface area contributed by atoms with Gasteiger partial charge in [0.05, 0.1) is 12.2 Å². The number of carboxylic acids is 1. The topological polar surface area (TPSA) is 94.8 Å². The van der Waals surface area contributed by atoms with Crippen LogP contribution in [0.1, 0.15) is 90.4 Å². The zero-order valence-electron chi connectivity index (χ0n) is 15.7. The molecule has 0 heterocycles. The van der Waals surface area contributed by atoms with E-state index in [0.717, 1.165) is 19.3 Å². The highest BCUT2D eigenvalue weighted by Gasteiger charge is 2.40. The van der Waals surface area contributed by atoms with Crippen LogP contribution in [0.2, 0.25) is 0 Å². The average molecular weight is 357 g/mol. The van der Waals surface area contributed by atoms with Gasteiger partial charge in [-0.25, -0.2) is 0 Å². The van der Waals surface area contributed by atoms with Gasteiger partial charge in [0.2, 0.25) is 0 Å². The van der Waals surface area contributed by atoms with Crippen LogP contribution in [0.4, 0.5) is 0 Å². The minimum atomic E-state index is -0.850. The fourth-order valence-corrected chi connectivity index (χ4v) is 3.95. The molecule has 3 N–H and O–H groups in total. The number of aliphatic hydroxyl groups excluding tert-OH is 2. The Morgan fingerprint density at radius 2 is 1.76 bits per heavy atom. The summed E-state index contributed by atoms with van der Waals surface area (Å²) in [5, 5.41) is 29.0. The first-order valence-corrected chi connectivity index (χ1v) is 10.1. The van der Waals surface area contributed by atoms with Gasteiger partial charge in [0.15, 0.2) is 0 Å². The van der Waals surface area contributed by atoms with Crippen molar-refractivity contribution in [2.45, 2.75) is 103 Å². The second kappa shape index (κ2) is 12.4. The number of rotatable bonds is 14. The van der Waals surface area contributed by atoms with E-state index >= 15 is 0 Å². The van der Waals surface area contributed by atoms with Crippen LogP contribution in [-0.4, -0.2) is 39.3 Å². The molecule has 0 radical (unpaired) electrons. The Bertz CT molecular complexity index is 396. The molecule has 0 aromatic rings. The van der Waals surface area contributed by atoms with Crippen LogP contribution in [0.15, 0.2) is 0 Å². The third-order valence-corrected chi connectivity index (χ3v) is 5.46. The van der Waals surface area contributed by atoms with Gasteiger partial charge in [-0.1, -0.05) is 45.4 Å². The largest absolute Gasteiger partial charge is 0.481 e. The van der Waals surface area contributed by atoms with Gasteiger partial charge in [-0.3, -0.25) is 9.59 Å². The number of Topliss-reactive ketones (excluding diaryl/α,β-unsaturated/α-hetero) is 1. The first-order valence-electron chi connectivity index (χ1n) is 10.1. The Labute approximate surface area is 151 Å². The average Bonchev–Trinajstić information content (AvgIpc) is 2.82. The number of aliphatic carboxylic acids is 1. The molecule has 5 heteroatoms. The van der Waals surface area contributed by atoms with E-state index in [0.29, 0.717) is 25.7 Å². The second-order valence-electron chi connectivity index (χ2n) is 7.58. The molecule has 25 heavy (non-hydrogen) atoms. The maximum Gasteiger partial charge on any atom is 0.303 e. The molecular weight excluding hydrogens is 320 g/mol. The Balaban J connectivity index is 2.27.